The summed E-state index contributed by atoms with van der Waals surface area (Å²) in [5.41, 5.74) is 1.74. The van der Waals surface area contributed by atoms with Crippen molar-refractivity contribution in [1.29, 1.82) is 0 Å². The fourth-order valence-corrected chi connectivity index (χ4v) is 2.40. The fourth-order valence-electron chi connectivity index (χ4n) is 1.92. The number of nitrogens with one attached hydrogen (secondary N) is 2. The van der Waals surface area contributed by atoms with Crippen molar-refractivity contribution in [1.82, 2.24) is 5.32 Å². The van der Waals surface area contributed by atoms with Gasteiger partial charge < -0.3 is 15.4 Å². The molecule has 0 aliphatic rings. The highest BCUT2D eigenvalue weighted by atomic mass is 35.5. The predicted molar refractivity (Wildman–Crippen MR) is 94.7 cm³/mol. The van der Waals surface area contributed by atoms with Gasteiger partial charge in [0.05, 0.1) is 12.2 Å². The van der Waals surface area contributed by atoms with E-state index in [0.29, 0.717) is 27.9 Å². The topological polar surface area (TPSA) is 67.4 Å². The molecule has 24 heavy (non-hydrogen) atoms. The first-order chi connectivity index (χ1) is 11.5. The van der Waals surface area contributed by atoms with Gasteiger partial charge in [-0.1, -0.05) is 29.3 Å². The van der Waals surface area contributed by atoms with Gasteiger partial charge in [0.15, 0.2) is 0 Å². The maximum Gasteiger partial charge on any atom is 0.338 e. The van der Waals surface area contributed by atoms with Crippen molar-refractivity contribution in [3.05, 3.63) is 63.6 Å². The van der Waals surface area contributed by atoms with Gasteiger partial charge in [0.2, 0.25) is 0 Å². The molecule has 2 N–H and O–H groups in total. The normalized spacial score (nSPS) is 10.1. The zero-order valence-corrected chi connectivity index (χ0v) is 14.4. The standard InChI is InChI=1S/C17H16Cl2N2O3/c1-2-24-16(22)11-4-7-14(8-5-11)21-17(23)20-10-12-3-6-13(18)9-15(12)19/h3-9H,2,10H2,1H3,(H2,20,21,23). The molecule has 0 saturated heterocycles. The number of carbonyl (C=O) groups excluding carboxylic acids is 2. The lowest BCUT2D eigenvalue weighted by Gasteiger charge is -2.09. The third kappa shape index (κ3) is 5.15. The first-order valence-electron chi connectivity index (χ1n) is 7.25. The number of esters is 1. The Morgan fingerprint density at radius 1 is 1.08 bits per heavy atom. The Morgan fingerprint density at radius 2 is 1.79 bits per heavy atom. The van der Waals surface area contributed by atoms with E-state index in [4.69, 9.17) is 27.9 Å². The van der Waals surface area contributed by atoms with E-state index in [1.807, 2.05) is 0 Å². The maximum atomic E-state index is 11.9. The van der Waals surface area contributed by atoms with Gasteiger partial charge in [-0.15, -0.1) is 0 Å². The molecule has 0 fully saturated rings. The first kappa shape index (κ1) is 18.1. The van der Waals surface area contributed by atoms with Crippen LogP contribution in [0.1, 0.15) is 22.8 Å². The van der Waals surface area contributed by atoms with Crippen LogP contribution in [0.15, 0.2) is 42.5 Å². The summed E-state index contributed by atoms with van der Waals surface area (Å²) in [6.07, 6.45) is 0. The maximum absolute atomic E-state index is 11.9. The Hall–Kier alpha value is -2.24. The minimum absolute atomic E-state index is 0.267. The fraction of sp³-hybridized carbons (Fsp3) is 0.176. The molecule has 126 valence electrons. The van der Waals surface area contributed by atoms with E-state index in [9.17, 15) is 9.59 Å². The SMILES string of the molecule is CCOC(=O)c1ccc(NC(=O)NCc2ccc(Cl)cc2Cl)cc1. The number of hydrogen-bond donors (Lipinski definition) is 2. The molecule has 2 amide bonds. The Labute approximate surface area is 149 Å². The number of halogens is 2. The number of ether oxygens (including phenoxy) is 1. The number of anilines is 1. The molecule has 7 heteroatoms. The summed E-state index contributed by atoms with van der Waals surface area (Å²) in [4.78, 5) is 23.5. The smallest absolute Gasteiger partial charge is 0.338 e. The van der Waals surface area contributed by atoms with Crippen molar-refractivity contribution in [2.45, 2.75) is 13.5 Å². The van der Waals surface area contributed by atoms with Crippen molar-refractivity contribution in [3.63, 3.8) is 0 Å². The molecule has 0 unspecified atom stereocenters. The van der Waals surface area contributed by atoms with Crippen molar-refractivity contribution in [2.24, 2.45) is 0 Å². The zero-order valence-electron chi connectivity index (χ0n) is 12.9. The highest BCUT2D eigenvalue weighted by molar-refractivity contribution is 6.35. The summed E-state index contributed by atoms with van der Waals surface area (Å²) in [5.74, 6) is -0.397. The molecule has 0 aromatic heterocycles. The van der Waals surface area contributed by atoms with Crippen LogP contribution in [-0.2, 0) is 11.3 Å². The number of carbonyl (C=O) groups is 2. The van der Waals surface area contributed by atoms with Crippen LogP contribution < -0.4 is 10.6 Å². The van der Waals surface area contributed by atoms with E-state index in [2.05, 4.69) is 10.6 Å². The molecule has 5 nitrogen and oxygen atoms in total. The molecule has 0 atom stereocenters. The summed E-state index contributed by atoms with van der Waals surface area (Å²) in [7, 11) is 0. The van der Waals surface area contributed by atoms with Crippen LogP contribution in [0, 0.1) is 0 Å². The molecule has 2 aromatic rings. The van der Waals surface area contributed by atoms with Crippen molar-refractivity contribution in [2.75, 3.05) is 11.9 Å². The molecule has 0 saturated carbocycles. The Balaban J connectivity index is 1.89. The third-order valence-electron chi connectivity index (χ3n) is 3.11. The highest BCUT2D eigenvalue weighted by Gasteiger charge is 2.08. The van der Waals surface area contributed by atoms with Gasteiger partial charge in [0.25, 0.3) is 0 Å². The molecular weight excluding hydrogens is 351 g/mol. The average Bonchev–Trinajstić information content (AvgIpc) is 2.55. The van der Waals surface area contributed by atoms with Gasteiger partial charge in [-0.2, -0.15) is 0 Å². The number of benzene rings is 2. The summed E-state index contributed by atoms with van der Waals surface area (Å²) in [6, 6.07) is 11.1. The lowest BCUT2D eigenvalue weighted by molar-refractivity contribution is 0.0526. The van der Waals surface area contributed by atoms with E-state index in [0.717, 1.165) is 5.56 Å². The van der Waals surface area contributed by atoms with E-state index >= 15 is 0 Å². The van der Waals surface area contributed by atoms with Gasteiger partial charge in [-0.3, -0.25) is 0 Å². The van der Waals surface area contributed by atoms with Crippen LogP contribution in [0.4, 0.5) is 10.5 Å². The molecule has 0 aliphatic carbocycles. The van der Waals surface area contributed by atoms with Crippen molar-refractivity contribution in [3.8, 4) is 0 Å². The molecule has 2 aromatic carbocycles. The van der Waals surface area contributed by atoms with Gasteiger partial charge in [-0.25, -0.2) is 9.59 Å². The first-order valence-corrected chi connectivity index (χ1v) is 8.01. The van der Waals surface area contributed by atoms with E-state index in [-0.39, 0.29) is 12.6 Å². The van der Waals surface area contributed by atoms with Crippen LogP contribution in [0.2, 0.25) is 10.0 Å². The molecule has 2 rings (SSSR count). The third-order valence-corrected chi connectivity index (χ3v) is 3.70. The minimum atomic E-state index is -0.397. The van der Waals surface area contributed by atoms with Crippen LogP contribution in [0.5, 0.6) is 0 Å². The zero-order chi connectivity index (χ0) is 17.5. The summed E-state index contributed by atoms with van der Waals surface area (Å²) < 4.78 is 4.90. The number of amides is 2. The van der Waals surface area contributed by atoms with Crippen molar-refractivity contribution >= 4 is 40.9 Å². The van der Waals surface area contributed by atoms with Crippen LogP contribution >= 0.6 is 23.2 Å². The van der Waals surface area contributed by atoms with Crippen LogP contribution in [-0.4, -0.2) is 18.6 Å². The molecule has 0 radical (unpaired) electrons. The van der Waals surface area contributed by atoms with Crippen LogP contribution in [0.25, 0.3) is 0 Å². The largest absolute Gasteiger partial charge is 0.462 e. The quantitative estimate of drug-likeness (QED) is 0.765. The van der Waals surface area contributed by atoms with Gasteiger partial charge in [0, 0.05) is 22.3 Å². The number of urea groups is 1. The summed E-state index contributed by atoms with van der Waals surface area (Å²) in [5, 5.41) is 6.39. The lowest BCUT2D eigenvalue weighted by Crippen LogP contribution is -2.28. The lowest BCUT2D eigenvalue weighted by atomic mass is 10.2. The molecule has 0 heterocycles. The second-order valence-electron chi connectivity index (χ2n) is 4.84. The molecule has 0 aliphatic heterocycles. The Morgan fingerprint density at radius 3 is 2.42 bits per heavy atom. The Bertz CT molecular complexity index is 733. The molecule has 0 bridgehead atoms. The predicted octanol–water partition coefficient (Wildman–Crippen LogP) is 4.49. The number of rotatable bonds is 5. The summed E-state index contributed by atoms with van der Waals surface area (Å²) >= 11 is 11.9. The summed E-state index contributed by atoms with van der Waals surface area (Å²) in [6.45, 7) is 2.32. The van der Waals surface area contributed by atoms with Crippen LogP contribution in [0.3, 0.4) is 0 Å². The molecular formula is C17H16Cl2N2O3. The monoisotopic (exact) mass is 366 g/mol. The van der Waals surface area contributed by atoms with Gasteiger partial charge >= 0.3 is 12.0 Å². The van der Waals surface area contributed by atoms with E-state index < -0.39 is 5.97 Å². The van der Waals surface area contributed by atoms with Gasteiger partial charge in [0.1, 0.15) is 0 Å². The van der Waals surface area contributed by atoms with E-state index in [1.54, 1.807) is 49.4 Å². The highest BCUT2D eigenvalue weighted by Crippen LogP contribution is 2.20. The Kier molecular flexibility index (Phi) is 6.46. The van der Waals surface area contributed by atoms with E-state index in [1.165, 1.54) is 0 Å². The number of hydrogen-bond acceptors (Lipinski definition) is 3. The van der Waals surface area contributed by atoms with Crippen molar-refractivity contribution < 1.29 is 14.3 Å². The van der Waals surface area contributed by atoms with Gasteiger partial charge in [-0.05, 0) is 48.9 Å². The molecule has 0 spiro atoms. The average molecular weight is 367 g/mol. The minimum Gasteiger partial charge on any atom is -0.462 e. The second-order valence-corrected chi connectivity index (χ2v) is 5.68. The second kappa shape index (κ2) is 8.57.